The van der Waals surface area contributed by atoms with Gasteiger partial charge in [-0.2, -0.15) is 0 Å². The number of piperidine rings is 1. The van der Waals surface area contributed by atoms with Crippen molar-refractivity contribution in [1.82, 2.24) is 9.88 Å². The number of nitrogens with two attached hydrogens (primary N) is 1. The number of hydrogen-bond acceptors (Lipinski definition) is 3. The Kier molecular flexibility index (Phi) is 3.99. The summed E-state index contributed by atoms with van der Waals surface area (Å²) in [5.74, 6) is 0.645. The minimum atomic E-state index is 0.631. The molecule has 2 N–H and O–H groups in total. The van der Waals surface area contributed by atoms with Crippen molar-refractivity contribution in [3.8, 4) is 0 Å². The van der Waals surface area contributed by atoms with E-state index in [-0.39, 0.29) is 0 Å². The quantitative estimate of drug-likeness (QED) is 0.931. The Morgan fingerprint density at radius 3 is 2.90 bits per heavy atom. The Morgan fingerprint density at radius 2 is 2.05 bits per heavy atom. The zero-order chi connectivity index (χ0) is 13.9. The zero-order valence-electron chi connectivity index (χ0n) is 12.1. The van der Waals surface area contributed by atoms with Gasteiger partial charge in [0.1, 0.15) is 0 Å². The molecule has 1 saturated heterocycles. The first-order valence-electron chi connectivity index (χ1n) is 7.55. The van der Waals surface area contributed by atoms with Gasteiger partial charge in [0.05, 0.1) is 11.2 Å². The highest BCUT2D eigenvalue weighted by molar-refractivity contribution is 5.78. The van der Waals surface area contributed by atoms with E-state index in [0.717, 1.165) is 30.8 Å². The average Bonchev–Trinajstić information content (AvgIpc) is 2.49. The van der Waals surface area contributed by atoms with E-state index in [0.29, 0.717) is 12.0 Å². The number of rotatable bonds is 3. The lowest BCUT2D eigenvalue weighted by atomic mass is 9.93. The van der Waals surface area contributed by atoms with Crippen LogP contribution in [-0.2, 0) is 6.54 Å². The number of fused-ring (bicyclic) bond motifs is 1. The lowest BCUT2D eigenvalue weighted by Gasteiger charge is -2.37. The van der Waals surface area contributed by atoms with Crippen molar-refractivity contribution >= 4 is 10.9 Å². The molecule has 20 heavy (non-hydrogen) atoms. The molecule has 1 aromatic heterocycles. The maximum atomic E-state index is 5.84. The van der Waals surface area contributed by atoms with Crippen LogP contribution < -0.4 is 5.73 Å². The largest absolute Gasteiger partial charge is 0.330 e. The summed E-state index contributed by atoms with van der Waals surface area (Å²) in [6.07, 6.45) is 2.51. The Hall–Kier alpha value is -1.45. The number of nitrogens with zero attached hydrogens (tertiary/aromatic N) is 2. The zero-order valence-corrected chi connectivity index (χ0v) is 12.1. The van der Waals surface area contributed by atoms with Crippen molar-refractivity contribution < 1.29 is 0 Å². The highest BCUT2D eigenvalue weighted by Crippen LogP contribution is 2.23. The highest BCUT2D eigenvalue weighted by Gasteiger charge is 2.24. The van der Waals surface area contributed by atoms with Crippen LogP contribution in [0.15, 0.2) is 36.4 Å². The fourth-order valence-electron chi connectivity index (χ4n) is 3.08. The summed E-state index contributed by atoms with van der Waals surface area (Å²) in [4.78, 5) is 7.31. The SMILES string of the molecule is CC1CCC(CN)CN1Cc1ccc2ccccc2n1. The summed E-state index contributed by atoms with van der Waals surface area (Å²) in [7, 11) is 0. The third-order valence-corrected chi connectivity index (χ3v) is 4.46. The van der Waals surface area contributed by atoms with Crippen molar-refractivity contribution in [2.24, 2.45) is 11.7 Å². The molecule has 0 saturated carbocycles. The van der Waals surface area contributed by atoms with E-state index in [4.69, 9.17) is 10.7 Å². The number of likely N-dealkylation sites (tertiary alicyclic amines) is 1. The number of para-hydroxylation sites is 1. The molecule has 3 rings (SSSR count). The van der Waals surface area contributed by atoms with Crippen molar-refractivity contribution in [1.29, 1.82) is 0 Å². The van der Waals surface area contributed by atoms with Crippen molar-refractivity contribution in [2.45, 2.75) is 32.4 Å². The van der Waals surface area contributed by atoms with Crippen LogP contribution in [0.2, 0.25) is 0 Å². The molecule has 3 heteroatoms. The van der Waals surface area contributed by atoms with E-state index in [1.54, 1.807) is 0 Å². The molecule has 1 aromatic carbocycles. The fourth-order valence-corrected chi connectivity index (χ4v) is 3.08. The first kappa shape index (κ1) is 13.5. The van der Waals surface area contributed by atoms with E-state index in [1.165, 1.54) is 18.2 Å². The smallest absolute Gasteiger partial charge is 0.0705 e. The Morgan fingerprint density at radius 1 is 1.20 bits per heavy atom. The molecular weight excluding hydrogens is 246 g/mol. The van der Waals surface area contributed by atoms with Gasteiger partial charge in [-0.25, -0.2) is 0 Å². The van der Waals surface area contributed by atoms with Crippen LogP contribution in [0.3, 0.4) is 0 Å². The molecule has 0 amide bonds. The van der Waals surface area contributed by atoms with Crippen molar-refractivity contribution in [3.05, 3.63) is 42.1 Å². The van der Waals surface area contributed by atoms with Gasteiger partial charge in [0.2, 0.25) is 0 Å². The molecule has 1 aliphatic heterocycles. The second-order valence-electron chi connectivity index (χ2n) is 5.95. The van der Waals surface area contributed by atoms with Crippen LogP contribution in [0, 0.1) is 5.92 Å². The monoisotopic (exact) mass is 269 g/mol. The Bertz CT molecular complexity index is 581. The number of pyridine rings is 1. The third kappa shape index (κ3) is 2.84. The van der Waals surface area contributed by atoms with Crippen LogP contribution in [0.5, 0.6) is 0 Å². The predicted molar refractivity (Wildman–Crippen MR) is 83.4 cm³/mol. The minimum absolute atomic E-state index is 0.631. The van der Waals surface area contributed by atoms with Gasteiger partial charge in [0.15, 0.2) is 0 Å². The molecule has 0 radical (unpaired) electrons. The molecule has 2 atom stereocenters. The summed E-state index contributed by atoms with van der Waals surface area (Å²) >= 11 is 0. The van der Waals surface area contributed by atoms with Gasteiger partial charge >= 0.3 is 0 Å². The molecule has 3 nitrogen and oxygen atoms in total. The van der Waals surface area contributed by atoms with E-state index >= 15 is 0 Å². The fraction of sp³-hybridized carbons (Fsp3) is 0.471. The topological polar surface area (TPSA) is 42.1 Å². The second-order valence-corrected chi connectivity index (χ2v) is 5.95. The maximum absolute atomic E-state index is 5.84. The van der Waals surface area contributed by atoms with E-state index < -0.39 is 0 Å². The Balaban J connectivity index is 1.77. The highest BCUT2D eigenvalue weighted by atomic mass is 15.2. The number of benzene rings is 1. The predicted octanol–water partition coefficient (Wildman–Crippen LogP) is 2.79. The van der Waals surface area contributed by atoms with E-state index in [1.807, 2.05) is 6.07 Å². The summed E-state index contributed by atoms with van der Waals surface area (Å²) in [6.45, 7) is 5.15. The maximum Gasteiger partial charge on any atom is 0.0705 e. The molecule has 1 aliphatic rings. The first-order valence-corrected chi connectivity index (χ1v) is 7.55. The van der Waals surface area contributed by atoms with Gasteiger partial charge in [-0.05, 0) is 44.4 Å². The van der Waals surface area contributed by atoms with Gasteiger partial charge in [-0.3, -0.25) is 9.88 Å². The molecule has 1 fully saturated rings. The summed E-state index contributed by atoms with van der Waals surface area (Å²) < 4.78 is 0. The van der Waals surface area contributed by atoms with Crippen LogP contribution >= 0.6 is 0 Å². The van der Waals surface area contributed by atoms with Gasteiger partial charge in [0.25, 0.3) is 0 Å². The van der Waals surface area contributed by atoms with Crippen LogP contribution in [0.4, 0.5) is 0 Å². The van der Waals surface area contributed by atoms with Gasteiger partial charge in [0, 0.05) is 24.5 Å². The molecule has 2 aromatic rings. The number of hydrogen-bond donors (Lipinski definition) is 1. The molecule has 0 bridgehead atoms. The molecule has 0 spiro atoms. The second kappa shape index (κ2) is 5.90. The Labute approximate surface area is 120 Å². The van der Waals surface area contributed by atoms with Crippen molar-refractivity contribution in [2.75, 3.05) is 13.1 Å². The van der Waals surface area contributed by atoms with Crippen molar-refractivity contribution in [3.63, 3.8) is 0 Å². The standard InChI is InChI=1S/C17H23N3/c1-13-6-7-14(10-18)11-20(13)12-16-9-8-15-4-2-3-5-17(15)19-16/h2-5,8-9,13-14H,6-7,10-12,18H2,1H3. The molecule has 2 heterocycles. The lowest BCUT2D eigenvalue weighted by Crippen LogP contribution is -2.43. The molecule has 2 unspecified atom stereocenters. The minimum Gasteiger partial charge on any atom is -0.330 e. The summed E-state index contributed by atoms with van der Waals surface area (Å²) in [5, 5.41) is 1.21. The summed E-state index contributed by atoms with van der Waals surface area (Å²) in [5.41, 5.74) is 8.08. The normalized spacial score (nSPS) is 24.1. The van der Waals surface area contributed by atoms with E-state index in [9.17, 15) is 0 Å². The van der Waals surface area contributed by atoms with E-state index in [2.05, 4.69) is 42.2 Å². The van der Waals surface area contributed by atoms with Crippen LogP contribution in [0.25, 0.3) is 10.9 Å². The van der Waals surface area contributed by atoms with Crippen LogP contribution in [0.1, 0.15) is 25.5 Å². The molecular formula is C17H23N3. The summed E-state index contributed by atoms with van der Waals surface area (Å²) in [6, 6.07) is 13.3. The molecule has 0 aliphatic carbocycles. The van der Waals surface area contributed by atoms with Crippen LogP contribution in [-0.4, -0.2) is 29.0 Å². The lowest BCUT2D eigenvalue weighted by molar-refractivity contribution is 0.112. The number of aromatic nitrogens is 1. The van der Waals surface area contributed by atoms with Gasteiger partial charge in [-0.15, -0.1) is 0 Å². The molecule has 106 valence electrons. The van der Waals surface area contributed by atoms with Gasteiger partial charge in [-0.1, -0.05) is 24.3 Å². The van der Waals surface area contributed by atoms with Gasteiger partial charge < -0.3 is 5.73 Å². The first-order chi connectivity index (χ1) is 9.76. The third-order valence-electron chi connectivity index (χ3n) is 4.46. The average molecular weight is 269 g/mol.